The third-order valence-corrected chi connectivity index (χ3v) is 5.62. The Morgan fingerprint density at radius 3 is 2.73 bits per heavy atom. The van der Waals surface area contributed by atoms with Crippen LogP contribution >= 0.6 is 0 Å². The van der Waals surface area contributed by atoms with Gasteiger partial charge in [0.1, 0.15) is 0 Å². The number of likely N-dealkylation sites (N-methyl/N-ethyl adjacent to an activating group) is 1. The average Bonchev–Trinajstić information content (AvgIpc) is 3.34. The van der Waals surface area contributed by atoms with E-state index in [0.717, 1.165) is 44.2 Å². The van der Waals surface area contributed by atoms with E-state index in [1.54, 1.807) is 23.0 Å². The molecule has 138 valence electrons. The zero-order valence-electron chi connectivity index (χ0n) is 15.0. The molecule has 2 N–H and O–H groups in total. The number of carbonyl (C=O) groups is 2. The van der Waals surface area contributed by atoms with Gasteiger partial charge in [-0.2, -0.15) is 5.10 Å². The Hall–Kier alpha value is -2.41. The fourth-order valence-corrected chi connectivity index (χ4v) is 4.18. The number of hydrogen-bond donors (Lipinski definition) is 2. The van der Waals surface area contributed by atoms with Crippen LogP contribution in [0.2, 0.25) is 0 Å². The SMILES string of the molecule is CN1CCC[C@H]1C(=O)N[C@@H]1CC[C@H](NC(=O)c2ccn3ncccc23)C1. The Kier molecular flexibility index (Phi) is 4.63. The molecule has 0 unspecified atom stereocenters. The minimum atomic E-state index is -0.0759. The Morgan fingerprint density at radius 2 is 1.96 bits per heavy atom. The second-order valence-electron chi connectivity index (χ2n) is 7.41. The van der Waals surface area contributed by atoms with Crippen LogP contribution in [0.4, 0.5) is 0 Å². The molecule has 1 saturated heterocycles. The number of nitrogens with zero attached hydrogens (tertiary/aromatic N) is 3. The van der Waals surface area contributed by atoms with E-state index < -0.39 is 0 Å². The van der Waals surface area contributed by atoms with E-state index in [0.29, 0.717) is 5.56 Å². The van der Waals surface area contributed by atoms with Gasteiger partial charge < -0.3 is 10.6 Å². The van der Waals surface area contributed by atoms with Crippen molar-refractivity contribution in [2.24, 2.45) is 0 Å². The molecule has 4 rings (SSSR count). The molecule has 7 heteroatoms. The van der Waals surface area contributed by atoms with Crippen LogP contribution < -0.4 is 10.6 Å². The Bertz CT molecular complexity index is 817. The third kappa shape index (κ3) is 3.31. The maximum atomic E-state index is 12.6. The first-order chi connectivity index (χ1) is 12.6. The van der Waals surface area contributed by atoms with Crippen molar-refractivity contribution in [2.75, 3.05) is 13.6 Å². The number of amides is 2. The normalized spacial score (nSPS) is 26.3. The molecule has 0 spiro atoms. The molecule has 0 aromatic carbocycles. The predicted molar refractivity (Wildman–Crippen MR) is 97.9 cm³/mol. The average molecular weight is 355 g/mol. The van der Waals surface area contributed by atoms with Gasteiger partial charge in [-0.1, -0.05) is 0 Å². The van der Waals surface area contributed by atoms with Crippen molar-refractivity contribution in [2.45, 2.75) is 50.2 Å². The molecule has 3 atom stereocenters. The van der Waals surface area contributed by atoms with Gasteiger partial charge >= 0.3 is 0 Å². The quantitative estimate of drug-likeness (QED) is 0.864. The van der Waals surface area contributed by atoms with E-state index in [9.17, 15) is 9.59 Å². The molecule has 2 fully saturated rings. The van der Waals surface area contributed by atoms with Gasteiger partial charge in [-0.3, -0.25) is 14.5 Å². The van der Waals surface area contributed by atoms with Crippen molar-refractivity contribution >= 4 is 17.3 Å². The highest BCUT2D eigenvalue weighted by atomic mass is 16.2. The summed E-state index contributed by atoms with van der Waals surface area (Å²) in [6.45, 7) is 0.988. The van der Waals surface area contributed by atoms with Crippen LogP contribution in [0.25, 0.3) is 5.52 Å². The van der Waals surface area contributed by atoms with Crippen molar-refractivity contribution in [1.29, 1.82) is 0 Å². The van der Waals surface area contributed by atoms with Gasteiger partial charge in [-0.25, -0.2) is 4.52 Å². The lowest BCUT2D eigenvalue weighted by molar-refractivity contribution is -0.125. The van der Waals surface area contributed by atoms with Crippen LogP contribution in [0.5, 0.6) is 0 Å². The molecular weight excluding hydrogens is 330 g/mol. The van der Waals surface area contributed by atoms with Crippen LogP contribution in [0, 0.1) is 0 Å². The first-order valence-corrected chi connectivity index (χ1v) is 9.35. The van der Waals surface area contributed by atoms with Crippen LogP contribution in [0.3, 0.4) is 0 Å². The Balaban J connectivity index is 1.33. The summed E-state index contributed by atoms with van der Waals surface area (Å²) < 4.78 is 1.70. The van der Waals surface area contributed by atoms with E-state index >= 15 is 0 Å². The monoisotopic (exact) mass is 355 g/mol. The highest BCUT2D eigenvalue weighted by Gasteiger charge is 2.32. The van der Waals surface area contributed by atoms with Crippen molar-refractivity contribution in [3.63, 3.8) is 0 Å². The largest absolute Gasteiger partial charge is 0.352 e. The van der Waals surface area contributed by atoms with Gasteiger partial charge in [0.15, 0.2) is 0 Å². The standard InChI is InChI=1S/C19H25N5O2/c1-23-10-3-5-17(23)19(26)22-14-7-6-13(12-14)21-18(25)15-8-11-24-16(15)4-2-9-20-24/h2,4,8-9,11,13-14,17H,3,5-7,10,12H2,1H3,(H,21,25)(H,22,26)/t13-,14+,17-/m0/s1. The number of nitrogens with one attached hydrogen (secondary N) is 2. The third-order valence-electron chi connectivity index (χ3n) is 5.62. The van der Waals surface area contributed by atoms with Crippen molar-refractivity contribution in [3.05, 3.63) is 36.2 Å². The molecule has 2 aliphatic rings. The summed E-state index contributed by atoms with van der Waals surface area (Å²) in [5.74, 6) is 0.0551. The molecule has 2 amide bonds. The minimum Gasteiger partial charge on any atom is -0.352 e. The zero-order chi connectivity index (χ0) is 18.1. The van der Waals surface area contributed by atoms with Crippen LogP contribution in [-0.4, -0.2) is 58.0 Å². The topological polar surface area (TPSA) is 78.7 Å². The fraction of sp³-hybridized carbons (Fsp3) is 0.526. The fourth-order valence-electron chi connectivity index (χ4n) is 4.18. The van der Waals surface area contributed by atoms with Crippen molar-refractivity contribution in [1.82, 2.24) is 25.1 Å². The molecule has 26 heavy (non-hydrogen) atoms. The second kappa shape index (κ2) is 7.07. The summed E-state index contributed by atoms with van der Waals surface area (Å²) in [6, 6.07) is 5.76. The summed E-state index contributed by atoms with van der Waals surface area (Å²) in [4.78, 5) is 27.2. The van der Waals surface area contributed by atoms with Gasteiger partial charge in [0.25, 0.3) is 5.91 Å². The van der Waals surface area contributed by atoms with E-state index in [1.807, 2.05) is 19.2 Å². The zero-order valence-corrected chi connectivity index (χ0v) is 15.0. The van der Waals surface area contributed by atoms with Crippen LogP contribution in [0.1, 0.15) is 42.5 Å². The maximum absolute atomic E-state index is 12.6. The Morgan fingerprint density at radius 1 is 1.15 bits per heavy atom. The van der Waals surface area contributed by atoms with E-state index in [4.69, 9.17) is 0 Å². The van der Waals surface area contributed by atoms with Crippen LogP contribution in [0.15, 0.2) is 30.6 Å². The van der Waals surface area contributed by atoms with E-state index in [2.05, 4.69) is 20.6 Å². The Labute approximate surface area is 152 Å². The number of hydrogen-bond acceptors (Lipinski definition) is 4. The number of aromatic nitrogens is 2. The minimum absolute atomic E-state index is 0.00356. The molecule has 7 nitrogen and oxygen atoms in total. The molecule has 0 radical (unpaired) electrons. The van der Waals surface area contributed by atoms with Gasteiger partial charge in [0.05, 0.1) is 17.1 Å². The van der Waals surface area contributed by atoms with Gasteiger partial charge in [-0.15, -0.1) is 0 Å². The smallest absolute Gasteiger partial charge is 0.253 e. The molecule has 1 aliphatic heterocycles. The first-order valence-electron chi connectivity index (χ1n) is 9.35. The van der Waals surface area contributed by atoms with Crippen LogP contribution in [-0.2, 0) is 4.79 Å². The summed E-state index contributed by atoms with van der Waals surface area (Å²) in [7, 11) is 2.01. The first kappa shape index (κ1) is 17.0. The molecule has 1 aliphatic carbocycles. The lowest BCUT2D eigenvalue weighted by atomic mass is 10.1. The summed E-state index contributed by atoms with van der Waals surface area (Å²) in [5, 5.41) is 10.5. The maximum Gasteiger partial charge on any atom is 0.253 e. The molecule has 1 saturated carbocycles. The highest BCUT2D eigenvalue weighted by molar-refractivity contribution is 6.01. The second-order valence-corrected chi connectivity index (χ2v) is 7.41. The number of rotatable bonds is 4. The summed E-state index contributed by atoms with van der Waals surface area (Å²) >= 11 is 0. The van der Waals surface area contributed by atoms with Gasteiger partial charge in [0.2, 0.25) is 5.91 Å². The molecule has 2 aromatic rings. The molecule has 3 heterocycles. The van der Waals surface area contributed by atoms with Gasteiger partial charge in [0, 0.05) is 24.5 Å². The molecule has 2 aromatic heterocycles. The number of carbonyl (C=O) groups excluding carboxylic acids is 2. The lowest BCUT2D eigenvalue weighted by Crippen LogP contribution is -2.45. The number of likely N-dealkylation sites (tertiary alicyclic amines) is 1. The lowest BCUT2D eigenvalue weighted by Gasteiger charge is -2.21. The number of fused-ring (bicyclic) bond motifs is 1. The summed E-state index contributed by atoms with van der Waals surface area (Å²) in [5.41, 5.74) is 1.44. The van der Waals surface area contributed by atoms with Gasteiger partial charge in [-0.05, 0) is 63.9 Å². The molecular formula is C19H25N5O2. The highest BCUT2D eigenvalue weighted by Crippen LogP contribution is 2.22. The van der Waals surface area contributed by atoms with E-state index in [-0.39, 0.29) is 29.9 Å². The predicted octanol–water partition coefficient (Wildman–Crippen LogP) is 1.20. The molecule has 0 bridgehead atoms. The van der Waals surface area contributed by atoms with Crippen molar-refractivity contribution in [3.8, 4) is 0 Å². The summed E-state index contributed by atoms with van der Waals surface area (Å²) in [6.07, 6.45) is 8.09. The van der Waals surface area contributed by atoms with E-state index in [1.165, 1.54) is 0 Å². The van der Waals surface area contributed by atoms with Crippen molar-refractivity contribution < 1.29 is 9.59 Å².